The van der Waals surface area contributed by atoms with E-state index in [1.54, 1.807) is 4.68 Å². The van der Waals surface area contributed by atoms with Gasteiger partial charge in [-0.2, -0.15) is 15.3 Å². The van der Waals surface area contributed by atoms with E-state index in [4.69, 9.17) is 14.9 Å². The third-order valence-electron chi connectivity index (χ3n) is 6.24. The highest BCUT2D eigenvalue weighted by Crippen LogP contribution is 2.28. The number of anilines is 1. The molecule has 1 atom stereocenters. The van der Waals surface area contributed by atoms with E-state index in [1.165, 1.54) is 0 Å². The number of rotatable bonds is 4. The number of nitrogens with zero attached hydrogens (tertiary/aromatic N) is 6. The summed E-state index contributed by atoms with van der Waals surface area (Å²) in [6, 6.07) is 16.3. The molecule has 0 aromatic heterocycles. The molecule has 0 amide bonds. The Balaban J connectivity index is 1.41. The first-order valence-corrected chi connectivity index (χ1v) is 11.1. The average Bonchev–Trinajstić information content (AvgIpc) is 3.49. The number of fused-ring (bicyclic) bond motifs is 3. The molecule has 8 nitrogen and oxygen atoms in total. The van der Waals surface area contributed by atoms with E-state index < -0.39 is 0 Å². The van der Waals surface area contributed by atoms with Gasteiger partial charge in [0.15, 0.2) is 5.69 Å². The van der Waals surface area contributed by atoms with Crippen molar-refractivity contribution >= 4 is 22.8 Å². The Labute approximate surface area is 185 Å². The van der Waals surface area contributed by atoms with Crippen molar-refractivity contribution in [3.63, 3.8) is 0 Å². The zero-order chi connectivity index (χ0) is 21.5. The molecule has 0 N–H and O–H groups in total. The van der Waals surface area contributed by atoms with Gasteiger partial charge in [-0.05, 0) is 36.6 Å². The van der Waals surface area contributed by atoms with Crippen LogP contribution < -0.4 is 10.6 Å². The van der Waals surface area contributed by atoms with E-state index >= 15 is 0 Å². The van der Waals surface area contributed by atoms with Crippen molar-refractivity contribution in [3.8, 4) is 11.4 Å². The number of hydrogen-bond donors (Lipinski definition) is 0. The van der Waals surface area contributed by atoms with E-state index in [2.05, 4.69) is 29.4 Å². The molecule has 32 heavy (non-hydrogen) atoms. The number of ether oxygens (including phenoxy) is 1. The fourth-order valence-electron chi connectivity index (χ4n) is 4.58. The van der Waals surface area contributed by atoms with Crippen LogP contribution in [0.1, 0.15) is 30.9 Å². The third-order valence-corrected chi connectivity index (χ3v) is 6.24. The lowest BCUT2D eigenvalue weighted by Crippen LogP contribution is -2.29. The number of hydrazone groups is 1. The summed E-state index contributed by atoms with van der Waals surface area (Å²) in [5, 5.41) is 16.8. The minimum absolute atomic E-state index is 0.0292. The van der Waals surface area contributed by atoms with Crippen molar-refractivity contribution in [3.05, 3.63) is 64.4 Å². The van der Waals surface area contributed by atoms with Crippen molar-refractivity contribution in [2.45, 2.75) is 31.8 Å². The molecule has 8 heteroatoms. The first kappa shape index (κ1) is 19.2. The molecular formula is C24H24N6O2. The first-order valence-electron chi connectivity index (χ1n) is 11.1. The molecular weight excluding hydrogens is 404 g/mol. The first-order chi connectivity index (χ1) is 15.8. The molecule has 162 valence electrons. The molecule has 2 aromatic rings. The summed E-state index contributed by atoms with van der Waals surface area (Å²) in [7, 11) is 0. The second kappa shape index (κ2) is 7.87. The Morgan fingerprint density at radius 2 is 1.91 bits per heavy atom. The van der Waals surface area contributed by atoms with Gasteiger partial charge in [0.1, 0.15) is 5.69 Å². The van der Waals surface area contributed by atoms with Crippen LogP contribution in [0.2, 0.25) is 0 Å². The lowest BCUT2D eigenvalue weighted by molar-refractivity contribution is 0.0540. The van der Waals surface area contributed by atoms with E-state index in [9.17, 15) is 4.79 Å². The highest BCUT2D eigenvalue weighted by molar-refractivity contribution is 5.92. The second-order valence-corrected chi connectivity index (χ2v) is 8.37. The predicted octanol–water partition coefficient (Wildman–Crippen LogP) is 3.29. The Bertz CT molecular complexity index is 1320. The van der Waals surface area contributed by atoms with E-state index in [0.29, 0.717) is 24.5 Å². The highest BCUT2D eigenvalue weighted by Gasteiger charge is 2.27. The lowest BCUT2D eigenvalue weighted by Gasteiger charge is -2.21. The average molecular weight is 428 g/mol. The molecule has 1 fully saturated rings. The van der Waals surface area contributed by atoms with E-state index in [1.807, 2.05) is 40.2 Å². The quantitative estimate of drug-likeness (QED) is 0.498. The summed E-state index contributed by atoms with van der Waals surface area (Å²) in [5.74, 6) is 0. The van der Waals surface area contributed by atoms with Crippen molar-refractivity contribution < 1.29 is 4.74 Å². The van der Waals surface area contributed by atoms with Gasteiger partial charge in [-0.1, -0.05) is 30.3 Å². The van der Waals surface area contributed by atoms with Gasteiger partial charge >= 0.3 is 0 Å². The second-order valence-electron chi connectivity index (χ2n) is 8.37. The van der Waals surface area contributed by atoms with Gasteiger partial charge in [0.2, 0.25) is 0 Å². The van der Waals surface area contributed by atoms with Crippen LogP contribution >= 0.6 is 0 Å². The van der Waals surface area contributed by atoms with Gasteiger partial charge in [-0.3, -0.25) is 14.5 Å². The summed E-state index contributed by atoms with van der Waals surface area (Å²) in [5.41, 5.74) is 4.08. The fourth-order valence-corrected chi connectivity index (χ4v) is 4.58. The minimum Gasteiger partial charge on any atom is -0.379 e. The molecule has 1 saturated heterocycles. The topological polar surface area (TPSA) is 77.5 Å². The molecule has 4 aliphatic rings. The zero-order valence-electron chi connectivity index (χ0n) is 17.7. The molecule has 0 bridgehead atoms. The number of aromatic nitrogens is 4. The maximum Gasteiger partial charge on any atom is 0.297 e. The number of benzene rings is 2. The maximum absolute atomic E-state index is 13.2. The van der Waals surface area contributed by atoms with Gasteiger partial charge in [0.05, 0.1) is 30.4 Å². The van der Waals surface area contributed by atoms with E-state index in [0.717, 1.165) is 54.6 Å². The Morgan fingerprint density at radius 1 is 1.03 bits per heavy atom. The Hall–Kier alpha value is -3.52. The normalized spacial score (nSPS) is 18.8. The van der Waals surface area contributed by atoms with Crippen LogP contribution in [0.3, 0.4) is 0 Å². The largest absolute Gasteiger partial charge is 0.379 e. The van der Waals surface area contributed by atoms with Crippen molar-refractivity contribution in [1.29, 1.82) is 0 Å². The Morgan fingerprint density at radius 3 is 2.69 bits per heavy atom. The monoisotopic (exact) mass is 428 g/mol. The molecule has 1 unspecified atom stereocenters. The van der Waals surface area contributed by atoms with Crippen LogP contribution in [0.4, 0.5) is 5.69 Å². The van der Waals surface area contributed by atoms with Crippen molar-refractivity contribution in [2.24, 2.45) is 5.10 Å². The van der Waals surface area contributed by atoms with Crippen LogP contribution in [0.5, 0.6) is 0 Å². The molecule has 4 aliphatic heterocycles. The summed E-state index contributed by atoms with van der Waals surface area (Å²) < 4.78 is 9.08. The molecule has 6 rings (SSSR count). The smallest absolute Gasteiger partial charge is 0.297 e. The molecule has 0 saturated carbocycles. The van der Waals surface area contributed by atoms with Gasteiger partial charge in [-0.15, -0.1) is 0 Å². The number of hydrogen-bond acceptors (Lipinski definition) is 6. The van der Waals surface area contributed by atoms with Crippen LogP contribution in [0.15, 0.2) is 58.4 Å². The molecule has 0 radical (unpaired) electrons. The Kier molecular flexibility index (Phi) is 4.72. The summed E-state index contributed by atoms with van der Waals surface area (Å²) >= 11 is 0. The van der Waals surface area contributed by atoms with Crippen molar-refractivity contribution in [2.75, 3.05) is 24.8 Å². The van der Waals surface area contributed by atoms with Crippen LogP contribution in [-0.2, 0) is 11.3 Å². The SMILES string of the molecule is O=c1c2nn(Cc3ccc(N4CCC=N4)cc3)c3ccccc3c-2nn1C1CCCOC1. The highest BCUT2D eigenvalue weighted by atomic mass is 16.5. The summed E-state index contributed by atoms with van der Waals surface area (Å²) in [4.78, 5) is 13.2. The number of para-hydroxylation sites is 1. The molecule has 4 heterocycles. The van der Waals surface area contributed by atoms with Crippen LogP contribution in [-0.4, -0.2) is 45.5 Å². The van der Waals surface area contributed by atoms with Gasteiger partial charge in [0.25, 0.3) is 5.56 Å². The fraction of sp³-hybridized carbons (Fsp3) is 0.333. The van der Waals surface area contributed by atoms with E-state index in [-0.39, 0.29) is 11.6 Å². The minimum atomic E-state index is -0.141. The standard InChI is InChI=1S/C24H24N6O2/c31-24-23-22(27-30(24)19-5-3-14-32-16-19)20-6-1-2-7-21(20)29(26-23)15-17-8-10-18(11-9-17)28-13-4-12-25-28/h1-2,6-12,19H,3-5,13-16H2. The van der Waals surface area contributed by atoms with Gasteiger partial charge in [0, 0.05) is 31.2 Å². The summed E-state index contributed by atoms with van der Waals surface area (Å²) in [6.45, 7) is 2.75. The zero-order valence-corrected chi connectivity index (χ0v) is 17.7. The predicted molar refractivity (Wildman–Crippen MR) is 123 cm³/mol. The van der Waals surface area contributed by atoms with Crippen LogP contribution in [0, 0.1) is 0 Å². The summed E-state index contributed by atoms with van der Waals surface area (Å²) in [6.07, 6.45) is 4.75. The molecule has 2 aromatic carbocycles. The maximum atomic E-state index is 13.2. The van der Waals surface area contributed by atoms with Gasteiger partial charge in [-0.25, -0.2) is 4.68 Å². The van der Waals surface area contributed by atoms with Crippen molar-refractivity contribution in [1.82, 2.24) is 19.6 Å². The third kappa shape index (κ3) is 3.27. The molecule has 0 spiro atoms. The van der Waals surface area contributed by atoms with Crippen LogP contribution in [0.25, 0.3) is 22.3 Å². The van der Waals surface area contributed by atoms with Gasteiger partial charge < -0.3 is 4.74 Å². The molecule has 0 aliphatic carbocycles. The lowest BCUT2D eigenvalue weighted by atomic mass is 10.1.